The fourth-order valence-electron chi connectivity index (χ4n) is 2.00. The third-order valence-electron chi connectivity index (χ3n) is 3.28. The van der Waals surface area contributed by atoms with E-state index < -0.39 is 6.10 Å². The number of ether oxygens (including phenoxy) is 2. The van der Waals surface area contributed by atoms with Crippen molar-refractivity contribution in [2.75, 3.05) is 12.4 Å². The average Bonchev–Trinajstić information content (AvgIpc) is 2.57. The summed E-state index contributed by atoms with van der Waals surface area (Å²) in [5.41, 5.74) is 2.18. The molecule has 1 atom stereocenters. The first-order valence-corrected chi connectivity index (χ1v) is 7.16. The molecule has 2 aromatic rings. The Morgan fingerprint density at radius 1 is 1.22 bits per heavy atom. The van der Waals surface area contributed by atoms with E-state index in [-0.39, 0.29) is 5.91 Å². The number of aryl methyl sites for hydroxylation is 1. The number of nitriles is 1. The van der Waals surface area contributed by atoms with Crippen molar-refractivity contribution in [2.24, 2.45) is 0 Å². The van der Waals surface area contributed by atoms with Gasteiger partial charge in [-0.2, -0.15) is 5.26 Å². The minimum absolute atomic E-state index is 0.281. The van der Waals surface area contributed by atoms with Gasteiger partial charge in [-0.3, -0.25) is 4.79 Å². The zero-order valence-electron chi connectivity index (χ0n) is 13.3. The Kier molecular flexibility index (Phi) is 5.21. The second-order valence-electron chi connectivity index (χ2n) is 5.09. The molecule has 0 aromatic heterocycles. The van der Waals surface area contributed by atoms with Gasteiger partial charge in [0.05, 0.1) is 24.4 Å². The fraction of sp³-hybridized carbons (Fsp3) is 0.222. The number of carbonyl (C=O) groups excluding carboxylic acids is 1. The van der Waals surface area contributed by atoms with Crippen LogP contribution in [0.15, 0.2) is 42.5 Å². The lowest BCUT2D eigenvalue weighted by Gasteiger charge is -2.16. The molecule has 1 amide bonds. The predicted octanol–water partition coefficient (Wildman–Crippen LogP) is 3.28. The molecule has 0 spiro atoms. The van der Waals surface area contributed by atoms with Crippen LogP contribution in [-0.4, -0.2) is 19.1 Å². The molecule has 0 radical (unpaired) electrons. The summed E-state index contributed by atoms with van der Waals surface area (Å²) < 4.78 is 10.8. The molecule has 5 nitrogen and oxygen atoms in total. The monoisotopic (exact) mass is 310 g/mol. The molecule has 1 unspecified atom stereocenters. The van der Waals surface area contributed by atoms with E-state index >= 15 is 0 Å². The maximum Gasteiger partial charge on any atom is 0.265 e. The predicted molar refractivity (Wildman–Crippen MR) is 87.6 cm³/mol. The summed E-state index contributed by atoms with van der Waals surface area (Å²) in [6, 6.07) is 14.2. The molecule has 0 bridgehead atoms. The lowest BCUT2D eigenvalue weighted by molar-refractivity contribution is -0.122. The van der Waals surface area contributed by atoms with Crippen LogP contribution in [0.3, 0.4) is 0 Å². The molecule has 0 saturated heterocycles. The second-order valence-corrected chi connectivity index (χ2v) is 5.09. The average molecular weight is 310 g/mol. The summed E-state index contributed by atoms with van der Waals surface area (Å²) in [7, 11) is 1.56. The van der Waals surface area contributed by atoms with E-state index in [1.54, 1.807) is 44.4 Å². The van der Waals surface area contributed by atoms with Crippen molar-refractivity contribution < 1.29 is 14.3 Å². The van der Waals surface area contributed by atoms with E-state index in [1.165, 1.54) is 0 Å². The molecule has 0 fully saturated rings. The molecule has 2 aromatic carbocycles. The highest BCUT2D eigenvalue weighted by Crippen LogP contribution is 2.25. The van der Waals surface area contributed by atoms with Crippen LogP contribution >= 0.6 is 0 Å². The highest BCUT2D eigenvalue weighted by atomic mass is 16.5. The fourth-order valence-corrected chi connectivity index (χ4v) is 2.00. The number of rotatable bonds is 5. The SMILES string of the molecule is COc1cc(C)ccc1NC(=O)C(C)Oc1ccc(C#N)cc1. The van der Waals surface area contributed by atoms with Crippen LogP contribution in [0, 0.1) is 18.3 Å². The van der Waals surface area contributed by atoms with Gasteiger partial charge >= 0.3 is 0 Å². The maximum atomic E-state index is 12.2. The first-order chi connectivity index (χ1) is 11.0. The first kappa shape index (κ1) is 16.4. The Morgan fingerprint density at radius 2 is 1.91 bits per heavy atom. The smallest absolute Gasteiger partial charge is 0.265 e. The van der Waals surface area contributed by atoms with E-state index in [9.17, 15) is 4.79 Å². The second kappa shape index (κ2) is 7.32. The number of benzene rings is 2. The van der Waals surface area contributed by atoms with Crippen molar-refractivity contribution in [1.29, 1.82) is 5.26 Å². The molecule has 2 rings (SSSR count). The summed E-state index contributed by atoms with van der Waals surface area (Å²) in [6.45, 7) is 3.61. The van der Waals surface area contributed by atoms with Crippen molar-refractivity contribution in [3.63, 3.8) is 0 Å². The van der Waals surface area contributed by atoms with Crippen molar-refractivity contribution in [3.05, 3.63) is 53.6 Å². The van der Waals surface area contributed by atoms with Crippen LogP contribution in [0.1, 0.15) is 18.1 Å². The van der Waals surface area contributed by atoms with Crippen LogP contribution in [0.4, 0.5) is 5.69 Å². The molecule has 23 heavy (non-hydrogen) atoms. The van der Waals surface area contributed by atoms with E-state index in [1.807, 2.05) is 25.1 Å². The van der Waals surface area contributed by atoms with Gasteiger partial charge in [0.25, 0.3) is 5.91 Å². The molecule has 0 saturated carbocycles. The highest BCUT2D eigenvalue weighted by molar-refractivity contribution is 5.95. The Balaban J connectivity index is 2.03. The van der Waals surface area contributed by atoms with Crippen molar-refractivity contribution in [3.8, 4) is 17.6 Å². The normalized spacial score (nSPS) is 11.2. The Hall–Kier alpha value is -3.00. The third kappa shape index (κ3) is 4.24. The molecule has 1 N–H and O–H groups in total. The maximum absolute atomic E-state index is 12.2. The van der Waals surface area contributed by atoms with Crippen LogP contribution in [0.25, 0.3) is 0 Å². The molecule has 0 aliphatic heterocycles. The molecular formula is C18H18N2O3. The van der Waals surface area contributed by atoms with Gasteiger partial charge in [0, 0.05) is 0 Å². The Bertz CT molecular complexity index is 733. The zero-order chi connectivity index (χ0) is 16.8. The summed E-state index contributed by atoms with van der Waals surface area (Å²) in [5, 5.41) is 11.6. The van der Waals surface area contributed by atoms with Gasteiger partial charge in [0.2, 0.25) is 0 Å². The van der Waals surface area contributed by atoms with E-state index in [0.29, 0.717) is 22.7 Å². The van der Waals surface area contributed by atoms with Crippen molar-refractivity contribution in [1.82, 2.24) is 0 Å². The molecule has 0 aliphatic rings. The molecule has 0 heterocycles. The van der Waals surface area contributed by atoms with Gasteiger partial charge in [0.15, 0.2) is 6.10 Å². The number of carbonyl (C=O) groups is 1. The van der Waals surface area contributed by atoms with E-state index in [0.717, 1.165) is 5.56 Å². The minimum atomic E-state index is -0.686. The van der Waals surface area contributed by atoms with Crippen LogP contribution in [0.2, 0.25) is 0 Å². The molecular weight excluding hydrogens is 292 g/mol. The zero-order valence-corrected chi connectivity index (χ0v) is 13.3. The van der Waals surface area contributed by atoms with E-state index in [2.05, 4.69) is 5.32 Å². The Labute approximate surface area is 135 Å². The van der Waals surface area contributed by atoms with Gasteiger partial charge in [-0.15, -0.1) is 0 Å². The standard InChI is InChI=1S/C18H18N2O3/c1-12-4-9-16(17(10-12)22-3)20-18(21)13(2)23-15-7-5-14(11-19)6-8-15/h4-10,13H,1-3H3,(H,20,21). The van der Waals surface area contributed by atoms with E-state index in [4.69, 9.17) is 14.7 Å². The van der Waals surface area contributed by atoms with Crippen LogP contribution < -0.4 is 14.8 Å². The lowest BCUT2D eigenvalue weighted by atomic mass is 10.2. The number of nitrogens with one attached hydrogen (secondary N) is 1. The van der Waals surface area contributed by atoms with Gasteiger partial charge in [-0.1, -0.05) is 6.07 Å². The number of anilines is 1. The van der Waals surface area contributed by atoms with Gasteiger partial charge in [0.1, 0.15) is 11.5 Å². The first-order valence-electron chi connectivity index (χ1n) is 7.16. The largest absolute Gasteiger partial charge is 0.495 e. The summed E-state index contributed by atoms with van der Waals surface area (Å²) in [6.07, 6.45) is -0.686. The van der Waals surface area contributed by atoms with Gasteiger partial charge in [-0.05, 0) is 55.8 Å². The van der Waals surface area contributed by atoms with Crippen molar-refractivity contribution in [2.45, 2.75) is 20.0 Å². The molecule has 118 valence electrons. The number of hydrogen-bond donors (Lipinski definition) is 1. The van der Waals surface area contributed by atoms with Gasteiger partial charge in [-0.25, -0.2) is 0 Å². The van der Waals surface area contributed by atoms with Gasteiger partial charge < -0.3 is 14.8 Å². The van der Waals surface area contributed by atoms with Crippen LogP contribution in [-0.2, 0) is 4.79 Å². The third-order valence-corrected chi connectivity index (χ3v) is 3.28. The van der Waals surface area contributed by atoms with Crippen molar-refractivity contribution >= 4 is 11.6 Å². The number of amides is 1. The number of hydrogen-bond acceptors (Lipinski definition) is 4. The topological polar surface area (TPSA) is 71.3 Å². The van der Waals surface area contributed by atoms with Crippen LogP contribution in [0.5, 0.6) is 11.5 Å². The lowest BCUT2D eigenvalue weighted by Crippen LogP contribution is -2.30. The molecule has 0 aliphatic carbocycles. The summed E-state index contributed by atoms with van der Waals surface area (Å²) >= 11 is 0. The minimum Gasteiger partial charge on any atom is -0.495 e. The summed E-state index contributed by atoms with van der Waals surface area (Å²) in [4.78, 5) is 12.2. The quantitative estimate of drug-likeness (QED) is 0.920. The Morgan fingerprint density at radius 3 is 2.52 bits per heavy atom. The number of nitrogens with zero attached hydrogens (tertiary/aromatic N) is 1. The highest BCUT2D eigenvalue weighted by Gasteiger charge is 2.16. The molecule has 5 heteroatoms. The number of methoxy groups -OCH3 is 1. The summed E-state index contributed by atoms with van der Waals surface area (Å²) in [5.74, 6) is 0.850.